The van der Waals surface area contributed by atoms with Gasteiger partial charge in [-0.25, -0.2) is 4.39 Å². The molecule has 4 aromatic rings. The van der Waals surface area contributed by atoms with E-state index in [0.717, 1.165) is 10.3 Å². The minimum absolute atomic E-state index is 0.0298. The van der Waals surface area contributed by atoms with Crippen molar-refractivity contribution in [3.63, 3.8) is 0 Å². The molecule has 9 heteroatoms. The highest BCUT2D eigenvalue weighted by Gasteiger charge is 2.21. The highest BCUT2D eigenvalue weighted by atomic mass is 32.2. The van der Waals surface area contributed by atoms with Crippen LogP contribution < -0.4 is 0 Å². The zero-order valence-electron chi connectivity index (χ0n) is 12.0. The first-order valence-electron chi connectivity index (χ1n) is 6.92. The number of rotatable bonds is 4. The largest absolute Gasteiger partial charge is 0.294 e. The van der Waals surface area contributed by atoms with Crippen LogP contribution in [0.3, 0.4) is 0 Å². The van der Waals surface area contributed by atoms with Crippen LogP contribution in [0.5, 0.6) is 0 Å². The molecule has 0 aliphatic heterocycles. The molecule has 2 aromatic carbocycles. The number of nitrogens with zero attached hydrogens (tertiary/aromatic N) is 4. The van der Waals surface area contributed by atoms with Gasteiger partial charge in [0.2, 0.25) is 4.96 Å². The van der Waals surface area contributed by atoms with Crippen LogP contribution in [0.1, 0.15) is 5.56 Å². The van der Waals surface area contributed by atoms with Crippen molar-refractivity contribution in [2.24, 2.45) is 0 Å². The topological polar surface area (TPSA) is 73.3 Å². The van der Waals surface area contributed by atoms with Crippen LogP contribution in [-0.4, -0.2) is 19.5 Å². The van der Waals surface area contributed by atoms with Gasteiger partial charge in [-0.15, -0.1) is 10.2 Å². The number of thiazole rings is 1. The number of aromatic nitrogens is 3. The van der Waals surface area contributed by atoms with Gasteiger partial charge in [0.25, 0.3) is 5.69 Å². The molecular weight excluding hydrogens is 351 g/mol. The van der Waals surface area contributed by atoms with Crippen molar-refractivity contribution in [3.05, 3.63) is 64.0 Å². The van der Waals surface area contributed by atoms with Crippen LogP contribution in [0.25, 0.3) is 15.2 Å². The third kappa shape index (κ3) is 2.51. The van der Waals surface area contributed by atoms with Crippen LogP contribution in [0.4, 0.5) is 10.1 Å². The van der Waals surface area contributed by atoms with E-state index in [0.29, 0.717) is 21.4 Å². The Morgan fingerprint density at radius 3 is 2.75 bits per heavy atom. The molecule has 0 fully saturated rings. The quantitative estimate of drug-likeness (QED) is 0.308. The Kier molecular flexibility index (Phi) is 3.66. The van der Waals surface area contributed by atoms with E-state index >= 15 is 0 Å². The monoisotopic (exact) mass is 360 g/mol. The van der Waals surface area contributed by atoms with E-state index in [9.17, 15) is 14.5 Å². The number of halogens is 1. The van der Waals surface area contributed by atoms with Crippen molar-refractivity contribution < 1.29 is 9.31 Å². The van der Waals surface area contributed by atoms with Gasteiger partial charge in [-0.3, -0.25) is 14.5 Å². The molecule has 2 aromatic heterocycles. The molecule has 0 aliphatic rings. The van der Waals surface area contributed by atoms with Gasteiger partial charge in [-0.05, 0) is 23.8 Å². The van der Waals surface area contributed by atoms with Crippen LogP contribution in [0, 0.1) is 15.9 Å². The Bertz CT molecular complexity index is 1060. The molecule has 0 spiro atoms. The summed E-state index contributed by atoms with van der Waals surface area (Å²) in [5, 5.41) is 20.1. The molecule has 0 saturated heterocycles. The molecule has 120 valence electrons. The summed E-state index contributed by atoms with van der Waals surface area (Å²) >= 11 is 2.77. The minimum Gasteiger partial charge on any atom is -0.258 e. The van der Waals surface area contributed by atoms with E-state index < -0.39 is 4.92 Å². The smallest absolute Gasteiger partial charge is 0.258 e. The Balaban J connectivity index is 1.77. The van der Waals surface area contributed by atoms with Gasteiger partial charge >= 0.3 is 0 Å². The van der Waals surface area contributed by atoms with Crippen LogP contribution in [0.15, 0.2) is 47.6 Å². The van der Waals surface area contributed by atoms with Crippen molar-refractivity contribution in [1.82, 2.24) is 14.6 Å². The highest BCUT2D eigenvalue weighted by Crippen LogP contribution is 2.35. The van der Waals surface area contributed by atoms with E-state index in [4.69, 9.17) is 0 Å². The van der Waals surface area contributed by atoms with E-state index in [1.54, 1.807) is 22.6 Å². The van der Waals surface area contributed by atoms with E-state index in [2.05, 4.69) is 10.2 Å². The standard InChI is InChI=1S/C15H9FN4O2S2/c16-10-6-4-9(5-7-10)8-23-14-17-18-15-19(14)13-11(20(21)22)2-1-3-12(13)24-15/h1-7H,8H2. The van der Waals surface area contributed by atoms with Crippen molar-refractivity contribution in [2.45, 2.75) is 10.9 Å². The second-order valence-electron chi connectivity index (χ2n) is 5.00. The Labute approximate surface area is 143 Å². The third-order valence-electron chi connectivity index (χ3n) is 3.48. The predicted octanol–water partition coefficient (Wildman–Crippen LogP) is 4.28. The van der Waals surface area contributed by atoms with Crippen molar-refractivity contribution in [1.29, 1.82) is 0 Å². The summed E-state index contributed by atoms with van der Waals surface area (Å²) in [7, 11) is 0. The zero-order chi connectivity index (χ0) is 16.7. The molecule has 6 nitrogen and oxygen atoms in total. The third-order valence-corrected chi connectivity index (χ3v) is 5.48. The fourth-order valence-electron chi connectivity index (χ4n) is 2.40. The number of hydrogen-bond donors (Lipinski definition) is 0. The lowest BCUT2D eigenvalue weighted by atomic mass is 10.2. The van der Waals surface area contributed by atoms with Gasteiger partial charge in [0, 0.05) is 11.8 Å². The van der Waals surface area contributed by atoms with E-state index in [1.807, 2.05) is 6.07 Å². The summed E-state index contributed by atoms with van der Waals surface area (Å²) in [5.74, 6) is 0.284. The number of nitro groups is 1. The molecule has 0 saturated carbocycles. The van der Waals surface area contributed by atoms with E-state index in [1.165, 1.54) is 41.3 Å². The molecule has 0 unspecified atom stereocenters. The maximum atomic E-state index is 13.0. The second-order valence-corrected chi connectivity index (χ2v) is 6.95. The first-order valence-corrected chi connectivity index (χ1v) is 8.72. The molecule has 0 bridgehead atoms. The van der Waals surface area contributed by atoms with Gasteiger partial charge in [0.15, 0.2) is 5.16 Å². The molecule has 24 heavy (non-hydrogen) atoms. The summed E-state index contributed by atoms with van der Waals surface area (Å²) in [6, 6.07) is 11.2. The van der Waals surface area contributed by atoms with E-state index in [-0.39, 0.29) is 11.5 Å². The minimum atomic E-state index is -0.400. The normalized spacial score (nSPS) is 11.4. The number of thioether (sulfide) groups is 1. The van der Waals surface area contributed by atoms with Gasteiger partial charge in [0.1, 0.15) is 11.3 Å². The molecular formula is C15H9FN4O2S2. The summed E-state index contributed by atoms with van der Waals surface area (Å²) < 4.78 is 15.5. The van der Waals surface area contributed by atoms with Crippen molar-refractivity contribution >= 4 is 44.0 Å². The van der Waals surface area contributed by atoms with Gasteiger partial charge in [0.05, 0.1) is 9.62 Å². The summed E-state index contributed by atoms with van der Waals surface area (Å²) in [6.07, 6.45) is 0. The van der Waals surface area contributed by atoms with Gasteiger partial charge in [-0.1, -0.05) is 41.3 Å². The first kappa shape index (κ1) is 15.0. The maximum Gasteiger partial charge on any atom is 0.294 e. The lowest BCUT2D eigenvalue weighted by Gasteiger charge is -2.01. The average Bonchev–Trinajstić information content (AvgIpc) is 3.13. The van der Waals surface area contributed by atoms with Crippen LogP contribution >= 0.6 is 23.1 Å². The molecule has 0 aliphatic carbocycles. The molecule has 0 amide bonds. The molecule has 0 radical (unpaired) electrons. The number of non-ortho nitro benzene ring substituents is 1. The fourth-order valence-corrected chi connectivity index (χ4v) is 4.34. The van der Waals surface area contributed by atoms with Crippen molar-refractivity contribution in [2.75, 3.05) is 0 Å². The summed E-state index contributed by atoms with van der Waals surface area (Å²) in [5.41, 5.74) is 1.48. The van der Waals surface area contributed by atoms with Crippen LogP contribution in [0.2, 0.25) is 0 Å². The van der Waals surface area contributed by atoms with Crippen molar-refractivity contribution in [3.8, 4) is 0 Å². The molecule has 0 atom stereocenters. The SMILES string of the molecule is O=[N+]([O-])c1cccc2sc3nnc(SCc4ccc(F)cc4)n3c12. The van der Waals surface area contributed by atoms with Gasteiger partial charge in [-0.2, -0.15) is 0 Å². The lowest BCUT2D eigenvalue weighted by Crippen LogP contribution is -1.93. The second kappa shape index (κ2) is 5.84. The lowest BCUT2D eigenvalue weighted by molar-refractivity contribution is -0.383. The summed E-state index contributed by atoms with van der Waals surface area (Å²) in [4.78, 5) is 11.5. The molecule has 2 heterocycles. The Morgan fingerprint density at radius 1 is 1.21 bits per heavy atom. The fraction of sp³-hybridized carbons (Fsp3) is 0.0667. The summed E-state index contributed by atoms with van der Waals surface area (Å²) in [6.45, 7) is 0. The maximum absolute atomic E-state index is 13.0. The zero-order valence-corrected chi connectivity index (χ0v) is 13.7. The number of benzene rings is 2. The number of nitro benzene ring substituents is 1. The predicted molar refractivity (Wildman–Crippen MR) is 91.0 cm³/mol. The average molecular weight is 360 g/mol. The Morgan fingerprint density at radius 2 is 2.00 bits per heavy atom. The highest BCUT2D eigenvalue weighted by molar-refractivity contribution is 7.98. The van der Waals surface area contributed by atoms with Crippen LogP contribution in [-0.2, 0) is 5.75 Å². The number of hydrogen-bond acceptors (Lipinski definition) is 6. The Hall–Kier alpha value is -2.52. The molecule has 0 N–H and O–H groups in total. The number of fused-ring (bicyclic) bond motifs is 3. The van der Waals surface area contributed by atoms with Gasteiger partial charge < -0.3 is 0 Å². The molecule has 4 rings (SSSR count). The first-order chi connectivity index (χ1) is 11.6. The number of para-hydroxylation sites is 1.